The number of anilines is 1. The molecule has 1 saturated heterocycles. The van der Waals surface area contributed by atoms with Crippen LogP contribution in [0.15, 0.2) is 47.4 Å². The summed E-state index contributed by atoms with van der Waals surface area (Å²) in [5.41, 5.74) is 1.17. The summed E-state index contributed by atoms with van der Waals surface area (Å²) in [6, 6.07) is 11.5. The molecule has 2 aromatic rings. The van der Waals surface area contributed by atoms with Crippen LogP contribution in [0.4, 0.5) is 5.69 Å². The first kappa shape index (κ1) is 24.6. The number of hydrogen-bond donors (Lipinski definition) is 3. The van der Waals surface area contributed by atoms with Gasteiger partial charge in [-0.15, -0.1) is 0 Å². The van der Waals surface area contributed by atoms with Gasteiger partial charge in [0.25, 0.3) is 5.91 Å². The molecular weight excluding hydrogens is 460 g/mol. The average Bonchev–Trinajstić information content (AvgIpc) is 3.04. The van der Waals surface area contributed by atoms with Crippen molar-refractivity contribution in [1.82, 2.24) is 4.90 Å². The fourth-order valence-corrected chi connectivity index (χ4v) is 4.54. The number of benzene rings is 2. The summed E-state index contributed by atoms with van der Waals surface area (Å²) in [7, 11) is 0. The van der Waals surface area contributed by atoms with Crippen molar-refractivity contribution in [3.8, 4) is 17.2 Å². The minimum absolute atomic E-state index is 0.0506. The van der Waals surface area contributed by atoms with Gasteiger partial charge in [-0.05, 0) is 62.2 Å². The number of thioether (sulfide) groups is 1. The Kier molecular flexibility index (Phi) is 8.73. The highest BCUT2D eigenvalue weighted by atomic mass is 32.2. The molecule has 0 spiro atoms. The van der Waals surface area contributed by atoms with Crippen molar-refractivity contribution in [3.63, 3.8) is 0 Å². The van der Waals surface area contributed by atoms with Gasteiger partial charge < -0.3 is 20.3 Å². The molecule has 3 rings (SSSR count). The van der Waals surface area contributed by atoms with Crippen molar-refractivity contribution in [2.24, 2.45) is 0 Å². The highest BCUT2D eigenvalue weighted by Crippen LogP contribution is 2.35. The average molecular weight is 487 g/mol. The molecule has 0 bridgehead atoms. The molecule has 0 atom stereocenters. The Morgan fingerprint density at radius 3 is 2.61 bits per heavy atom. The Bertz CT molecular complexity index is 1050. The second-order valence-corrected chi connectivity index (χ2v) is 9.07. The summed E-state index contributed by atoms with van der Waals surface area (Å²) in [5.74, 6) is 0.349. The zero-order valence-electron chi connectivity index (χ0n) is 18.2. The first-order chi connectivity index (χ1) is 15.9. The Morgan fingerprint density at radius 1 is 1.15 bits per heavy atom. The normalized spacial score (nSPS) is 14.7. The van der Waals surface area contributed by atoms with E-state index in [4.69, 9.17) is 17.0 Å². The van der Waals surface area contributed by atoms with E-state index in [2.05, 4.69) is 5.32 Å². The van der Waals surface area contributed by atoms with E-state index in [0.29, 0.717) is 40.8 Å². The van der Waals surface area contributed by atoms with Gasteiger partial charge in [0.15, 0.2) is 0 Å². The third kappa shape index (κ3) is 6.97. The number of carbonyl (C=O) groups excluding carboxylic acids is 2. The van der Waals surface area contributed by atoms with Crippen LogP contribution in [0.5, 0.6) is 17.2 Å². The van der Waals surface area contributed by atoms with Gasteiger partial charge in [0.2, 0.25) is 5.91 Å². The summed E-state index contributed by atoms with van der Waals surface area (Å²) >= 11 is 6.52. The molecule has 9 heteroatoms. The zero-order chi connectivity index (χ0) is 23.8. The number of amides is 2. The smallest absolute Gasteiger partial charge is 0.266 e. The lowest BCUT2D eigenvalue weighted by Crippen LogP contribution is -2.29. The van der Waals surface area contributed by atoms with Crippen molar-refractivity contribution in [3.05, 3.63) is 52.9 Å². The molecule has 0 aromatic heterocycles. The molecule has 0 unspecified atom stereocenters. The summed E-state index contributed by atoms with van der Waals surface area (Å²) in [5, 5.41) is 22.2. The summed E-state index contributed by atoms with van der Waals surface area (Å²) in [4.78, 5) is 26.8. The second-order valence-electron chi connectivity index (χ2n) is 7.39. The third-order valence-corrected chi connectivity index (χ3v) is 6.29. The molecule has 3 N–H and O–H groups in total. The second kappa shape index (κ2) is 11.7. The molecule has 0 radical (unpaired) electrons. The van der Waals surface area contributed by atoms with E-state index >= 15 is 0 Å². The van der Waals surface area contributed by atoms with Gasteiger partial charge in [0, 0.05) is 30.3 Å². The molecule has 1 fully saturated rings. The molecule has 0 aliphatic carbocycles. The number of hydrogen-bond acceptors (Lipinski definition) is 7. The van der Waals surface area contributed by atoms with Crippen molar-refractivity contribution >= 4 is 51.9 Å². The lowest BCUT2D eigenvalue weighted by molar-refractivity contribution is -0.122. The number of thiocarbonyl (C=S) groups is 1. The van der Waals surface area contributed by atoms with Gasteiger partial charge >= 0.3 is 0 Å². The highest BCUT2D eigenvalue weighted by Gasteiger charge is 2.31. The molecule has 1 aliphatic rings. The van der Waals surface area contributed by atoms with Crippen LogP contribution in [0.1, 0.15) is 38.2 Å². The summed E-state index contributed by atoms with van der Waals surface area (Å²) in [6.07, 6.45) is 4.17. The molecule has 0 saturated carbocycles. The maximum absolute atomic E-state index is 12.7. The standard InChI is InChI=1S/C24H26N2O5S2/c1-2-31-19-11-8-17(9-12-19)25-22(29)6-4-3-5-13-26-23(30)21(33-24(26)32)14-16-7-10-18(27)15-20(16)28/h7-12,14-15,27-28H,2-6,13H2,1H3,(H,25,29)/b21-14-. The van der Waals surface area contributed by atoms with E-state index in [0.717, 1.165) is 24.3 Å². The van der Waals surface area contributed by atoms with Crippen LogP contribution in [0.3, 0.4) is 0 Å². The number of nitrogens with one attached hydrogen (secondary N) is 1. The first-order valence-electron chi connectivity index (χ1n) is 10.7. The van der Waals surface area contributed by atoms with Crippen molar-refractivity contribution in [2.45, 2.75) is 32.6 Å². The van der Waals surface area contributed by atoms with Crippen LogP contribution in [0, 0.1) is 0 Å². The van der Waals surface area contributed by atoms with E-state index in [9.17, 15) is 19.8 Å². The topological polar surface area (TPSA) is 99.1 Å². The van der Waals surface area contributed by atoms with Crippen LogP contribution in [-0.2, 0) is 9.59 Å². The number of aromatic hydroxyl groups is 2. The predicted molar refractivity (Wildman–Crippen MR) is 134 cm³/mol. The Hall–Kier alpha value is -3.04. The minimum Gasteiger partial charge on any atom is -0.508 e. The van der Waals surface area contributed by atoms with Gasteiger partial charge in [-0.2, -0.15) is 0 Å². The van der Waals surface area contributed by atoms with E-state index in [1.165, 1.54) is 30.0 Å². The summed E-state index contributed by atoms with van der Waals surface area (Å²) in [6.45, 7) is 2.99. The van der Waals surface area contributed by atoms with Crippen molar-refractivity contribution in [2.75, 3.05) is 18.5 Å². The number of carbonyl (C=O) groups is 2. The number of ether oxygens (including phenoxy) is 1. The Morgan fingerprint density at radius 2 is 1.91 bits per heavy atom. The van der Waals surface area contributed by atoms with Gasteiger partial charge in [-0.3, -0.25) is 14.5 Å². The minimum atomic E-state index is -0.203. The third-order valence-electron chi connectivity index (χ3n) is 4.91. The number of phenols is 2. The number of rotatable bonds is 10. The maximum Gasteiger partial charge on any atom is 0.266 e. The molecule has 2 aromatic carbocycles. The van der Waals surface area contributed by atoms with E-state index in [-0.39, 0.29) is 23.3 Å². The number of phenolic OH excluding ortho intramolecular Hbond substituents is 2. The molecule has 1 heterocycles. The van der Waals surface area contributed by atoms with Crippen molar-refractivity contribution in [1.29, 1.82) is 0 Å². The quantitative estimate of drug-likeness (QED) is 0.250. The maximum atomic E-state index is 12.7. The van der Waals surface area contributed by atoms with E-state index < -0.39 is 0 Å². The van der Waals surface area contributed by atoms with Crippen LogP contribution >= 0.6 is 24.0 Å². The van der Waals surface area contributed by atoms with Crippen LogP contribution < -0.4 is 10.1 Å². The predicted octanol–water partition coefficient (Wildman–Crippen LogP) is 4.90. The largest absolute Gasteiger partial charge is 0.508 e. The summed E-state index contributed by atoms with van der Waals surface area (Å²) < 4.78 is 5.86. The van der Waals surface area contributed by atoms with Gasteiger partial charge in [0.05, 0.1) is 11.5 Å². The Labute approximate surface area is 202 Å². The van der Waals surface area contributed by atoms with Gasteiger partial charge in [0.1, 0.15) is 21.6 Å². The molecular formula is C24H26N2O5S2. The molecule has 174 valence electrons. The van der Waals surface area contributed by atoms with Crippen LogP contribution in [0.25, 0.3) is 6.08 Å². The first-order valence-corrected chi connectivity index (χ1v) is 11.9. The SMILES string of the molecule is CCOc1ccc(NC(=O)CCCCCN2C(=O)/C(=C/c3ccc(O)cc3O)SC2=S)cc1. The monoisotopic (exact) mass is 486 g/mol. The van der Waals surface area contributed by atoms with Gasteiger partial charge in [-0.25, -0.2) is 0 Å². The highest BCUT2D eigenvalue weighted by molar-refractivity contribution is 8.26. The van der Waals surface area contributed by atoms with Gasteiger partial charge in [-0.1, -0.05) is 30.4 Å². The fraction of sp³-hybridized carbons (Fsp3) is 0.292. The van der Waals surface area contributed by atoms with Crippen LogP contribution in [-0.4, -0.2) is 44.4 Å². The molecule has 7 nitrogen and oxygen atoms in total. The lowest BCUT2D eigenvalue weighted by Gasteiger charge is -2.14. The van der Waals surface area contributed by atoms with Crippen molar-refractivity contribution < 1.29 is 24.5 Å². The number of nitrogens with zero attached hydrogens (tertiary/aromatic N) is 1. The molecule has 2 amide bonds. The van der Waals surface area contributed by atoms with E-state index in [1.807, 2.05) is 31.2 Å². The van der Waals surface area contributed by atoms with Crippen LogP contribution in [0.2, 0.25) is 0 Å². The number of unbranched alkanes of at least 4 members (excludes halogenated alkanes) is 2. The molecule has 33 heavy (non-hydrogen) atoms. The Balaban J connectivity index is 1.41. The zero-order valence-corrected chi connectivity index (χ0v) is 19.9. The van der Waals surface area contributed by atoms with E-state index in [1.54, 1.807) is 11.0 Å². The fourth-order valence-electron chi connectivity index (χ4n) is 3.25. The lowest BCUT2D eigenvalue weighted by atomic mass is 10.1. The molecule has 1 aliphatic heterocycles.